The Morgan fingerprint density at radius 3 is 1.85 bits per heavy atom. The molecule has 0 radical (unpaired) electrons. The van der Waals surface area contributed by atoms with Crippen LogP contribution < -0.4 is 17.7 Å². The minimum atomic E-state index is -0.344. The van der Waals surface area contributed by atoms with Gasteiger partial charge >= 0.3 is 0 Å². The standard InChI is InChI=1S/C27H53N3O2S.ClH/c1-6-7-8-9-10-11-12-13-14-15-16-17-18-19-21-30(4,5)22-20-28-26(32)25-23-33-27(2,3)29(25)24-31;/h24-25H,6-23H2,1-5H3;1H. The van der Waals surface area contributed by atoms with E-state index >= 15 is 0 Å². The van der Waals surface area contributed by atoms with Gasteiger partial charge < -0.3 is 27.1 Å². The second-order valence-corrected chi connectivity index (χ2v) is 12.7. The molecule has 1 fully saturated rings. The maximum absolute atomic E-state index is 12.6. The SMILES string of the molecule is CCCCCCCCCCCCCCCC[N+](C)(C)CCNC(=O)C1CSC(C)(C)N1C=O.[Cl-]. The molecule has 2 amide bonds. The third-order valence-corrected chi connectivity index (χ3v) is 8.50. The van der Waals surface area contributed by atoms with Gasteiger partial charge in [-0.15, -0.1) is 11.8 Å². The van der Waals surface area contributed by atoms with Crippen LogP contribution in [0.4, 0.5) is 0 Å². The second kappa shape index (κ2) is 18.8. The summed E-state index contributed by atoms with van der Waals surface area (Å²) in [5, 5.41) is 3.07. The van der Waals surface area contributed by atoms with E-state index < -0.39 is 0 Å². The number of nitrogens with zero attached hydrogens (tertiary/aromatic N) is 2. The lowest BCUT2D eigenvalue weighted by Crippen LogP contribution is -3.00. The third kappa shape index (κ3) is 14.2. The summed E-state index contributed by atoms with van der Waals surface area (Å²) < 4.78 is 0.931. The van der Waals surface area contributed by atoms with Crippen LogP contribution in [0.5, 0.6) is 0 Å². The number of likely N-dealkylation sites (N-methyl/N-ethyl adjacent to an activating group) is 1. The second-order valence-electron chi connectivity index (χ2n) is 11.1. The number of unbranched alkanes of at least 4 members (excludes halogenated alkanes) is 13. The van der Waals surface area contributed by atoms with Crippen LogP contribution in [-0.2, 0) is 9.59 Å². The number of hydrogen-bond acceptors (Lipinski definition) is 3. The summed E-state index contributed by atoms with van der Waals surface area (Å²) in [4.78, 5) is 25.3. The van der Waals surface area contributed by atoms with E-state index in [0.717, 1.165) is 24.0 Å². The number of nitrogens with one attached hydrogen (secondary N) is 1. The van der Waals surface area contributed by atoms with Crippen molar-refractivity contribution in [2.45, 2.75) is 122 Å². The number of amides is 2. The first kappa shape index (κ1) is 33.5. The average Bonchev–Trinajstić information content (AvgIpc) is 3.07. The van der Waals surface area contributed by atoms with Gasteiger partial charge in [0, 0.05) is 5.75 Å². The van der Waals surface area contributed by atoms with Crippen LogP contribution in [0.1, 0.15) is 111 Å². The Balaban J connectivity index is 0.0000109. The van der Waals surface area contributed by atoms with E-state index in [1.807, 2.05) is 13.8 Å². The number of thioether (sulfide) groups is 1. The van der Waals surface area contributed by atoms with Gasteiger partial charge in [0.15, 0.2) is 0 Å². The first-order valence-electron chi connectivity index (χ1n) is 13.7. The van der Waals surface area contributed by atoms with Gasteiger partial charge in [-0.05, 0) is 26.7 Å². The van der Waals surface area contributed by atoms with Crippen molar-refractivity contribution < 1.29 is 26.5 Å². The van der Waals surface area contributed by atoms with E-state index in [9.17, 15) is 9.59 Å². The summed E-state index contributed by atoms with van der Waals surface area (Å²) in [6.07, 6.45) is 20.3. The fourth-order valence-electron chi connectivity index (χ4n) is 4.66. The molecule has 1 atom stereocenters. The van der Waals surface area contributed by atoms with Crippen molar-refractivity contribution in [3.05, 3.63) is 0 Å². The monoisotopic (exact) mass is 519 g/mol. The summed E-state index contributed by atoms with van der Waals surface area (Å²) >= 11 is 1.66. The van der Waals surface area contributed by atoms with Crippen molar-refractivity contribution in [2.24, 2.45) is 0 Å². The fraction of sp³-hybridized carbons (Fsp3) is 0.926. The highest BCUT2D eigenvalue weighted by molar-refractivity contribution is 8.00. The molecular weight excluding hydrogens is 466 g/mol. The molecule has 1 aliphatic heterocycles. The number of quaternary nitrogens is 1. The van der Waals surface area contributed by atoms with Crippen molar-refractivity contribution >= 4 is 24.1 Å². The lowest BCUT2D eigenvalue weighted by Gasteiger charge is -2.32. The van der Waals surface area contributed by atoms with Gasteiger partial charge in [0.25, 0.3) is 0 Å². The molecule has 0 aromatic carbocycles. The zero-order valence-corrected chi connectivity index (χ0v) is 24.5. The molecular formula is C27H54ClN3O2S. The van der Waals surface area contributed by atoms with E-state index in [4.69, 9.17) is 0 Å². The molecule has 7 heteroatoms. The molecule has 0 spiro atoms. The van der Waals surface area contributed by atoms with Crippen LogP contribution in [0.25, 0.3) is 0 Å². The molecule has 1 heterocycles. The first-order valence-corrected chi connectivity index (χ1v) is 14.7. The molecule has 202 valence electrons. The summed E-state index contributed by atoms with van der Waals surface area (Å²) in [5.41, 5.74) is 0. The van der Waals surface area contributed by atoms with E-state index in [-0.39, 0.29) is 29.2 Å². The Kier molecular flexibility index (Phi) is 18.5. The predicted octanol–water partition coefficient (Wildman–Crippen LogP) is 2.97. The molecule has 0 saturated carbocycles. The number of halogens is 1. The Bertz CT molecular complexity index is 546. The van der Waals surface area contributed by atoms with Gasteiger partial charge in [-0.1, -0.05) is 84.0 Å². The van der Waals surface area contributed by atoms with Gasteiger partial charge in [-0.2, -0.15) is 0 Å². The van der Waals surface area contributed by atoms with Gasteiger partial charge in [0.1, 0.15) is 6.04 Å². The smallest absolute Gasteiger partial charge is 0.243 e. The van der Waals surface area contributed by atoms with Crippen molar-refractivity contribution in [3.8, 4) is 0 Å². The molecule has 0 bridgehead atoms. The molecule has 5 nitrogen and oxygen atoms in total. The Hall–Kier alpha value is -0.460. The molecule has 1 saturated heterocycles. The molecule has 1 aliphatic rings. The van der Waals surface area contributed by atoms with E-state index in [0.29, 0.717) is 12.3 Å². The largest absolute Gasteiger partial charge is 1.00 e. The topological polar surface area (TPSA) is 49.4 Å². The fourth-order valence-corrected chi connectivity index (χ4v) is 5.86. The highest BCUT2D eigenvalue weighted by Crippen LogP contribution is 2.37. The summed E-state index contributed by atoms with van der Waals surface area (Å²) in [6.45, 7) is 9.02. The maximum atomic E-state index is 12.6. The molecule has 1 unspecified atom stereocenters. The normalized spacial score (nSPS) is 17.4. The average molecular weight is 520 g/mol. The molecule has 1 N–H and O–H groups in total. The minimum absolute atomic E-state index is 0. The van der Waals surface area contributed by atoms with Crippen LogP contribution >= 0.6 is 11.8 Å². The maximum Gasteiger partial charge on any atom is 0.243 e. The van der Waals surface area contributed by atoms with Crippen LogP contribution in [0, 0.1) is 0 Å². The van der Waals surface area contributed by atoms with Crippen LogP contribution in [0.2, 0.25) is 0 Å². The molecule has 0 aromatic heterocycles. The van der Waals surface area contributed by atoms with E-state index in [1.54, 1.807) is 16.7 Å². The summed E-state index contributed by atoms with van der Waals surface area (Å²) in [7, 11) is 4.50. The highest BCUT2D eigenvalue weighted by Gasteiger charge is 2.42. The summed E-state index contributed by atoms with van der Waals surface area (Å²) in [5.74, 6) is 0.658. The number of carbonyl (C=O) groups is 2. The van der Waals surface area contributed by atoms with Crippen molar-refractivity contribution in [1.82, 2.24) is 10.2 Å². The van der Waals surface area contributed by atoms with Crippen molar-refractivity contribution in [2.75, 3.05) is 39.5 Å². The zero-order chi connectivity index (χ0) is 24.6. The van der Waals surface area contributed by atoms with Crippen LogP contribution in [0.15, 0.2) is 0 Å². The molecule has 34 heavy (non-hydrogen) atoms. The Labute approximate surface area is 221 Å². The number of rotatable bonds is 20. The van der Waals surface area contributed by atoms with Crippen molar-refractivity contribution in [3.63, 3.8) is 0 Å². The molecule has 0 aliphatic carbocycles. The van der Waals surface area contributed by atoms with E-state index in [2.05, 4.69) is 26.3 Å². The summed E-state index contributed by atoms with van der Waals surface area (Å²) in [6, 6.07) is -0.344. The lowest BCUT2D eigenvalue weighted by molar-refractivity contribution is -0.889. The van der Waals surface area contributed by atoms with Gasteiger partial charge in [-0.3, -0.25) is 9.59 Å². The van der Waals surface area contributed by atoms with Gasteiger partial charge in [-0.25, -0.2) is 0 Å². The molecule has 0 aromatic rings. The Morgan fingerprint density at radius 2 is 1.38 bits per heavy atom. The van der Waals surface area contributed by atoms with Crippen LogP contribution in [0.3, 0.4) is 0 Å². The number of hydrogen-bond donors (Lipinski definition) is 1. The quantitative estimate of drug-likeness (QED) is 0.153. The van der Waals surface area contributed by atoms with E-state index in [1.165, 1.54) is 89.9 Å². The third-order valence-electron chi connectivity index (χ3n) is 7.10. The van der Waals surface area contributed by atoms with Gasteiger partial charge in [0.05, 0.1) is 38.6 Å². The predicted molar refractivity (Wildman–Crippen MR) is 143 cm³/mol. The lowest BCUT2D eigenvalue weighted by atomic mass is 10.0. The zero-order valence-electron chi connectivity index (χ0n) is 22.9. The first-order chi connectivity index (χ1) is 15.7. The van der Waals surface area contributed by atoms with Crippen molar-refractivity contribution in [1.29, 1.82) is 0 Å². The highest BCUT2D eigenvalue weighted by atomic mass is 35.5. The Morgan fingerprint density at radius 1 is 0.912 bits per heavy atom. The minimum Gasteiger partial charge on any atom is -1.00 e. The molecule has 1 rings (SSSR count). The van der Waals surface area contributed by atoms with Gasteiger partial charge in [0.2, 0.25) is 12.3 Å². The van der Waals surface area contributed by atoms with Crippen LogP contribution in [-0.4, -0.2) is 72.1 Å². The number of carbonyl (C=O) groups excluding carboxylic acids is 2.